The molecule has 1 heterocycles. The molecule has 0 saturated carbocycles. The fourth-order valence-electron chi connectivity index (χ4n) is 2.96. The molecule has 0 radical (unpaired) electrons. The van der Waals surface area contributed by atoms with Gasteiger partial charge in [0.15, 0.2) is 5.96 Å². The van der Waals surface area contributed by atoms with Crippen LogP contribution in [0.3, 0.4) is 0 Å². The Morgan fingerprint density at radius 1 is 1.19 bits per heavy atom. The van der Waals surface area contributed by atoms with E-state index in [0.717, 1.165) is 5.56 Å². The van der Waals surface area contributed by atoms with Gasteiger partial charge in [0, 0.05) is 52.4 Å². The fraction of sp³-hybridized carbons (Fsp3) is 0.556. The normalized spacial score (nSPS) is 17.6. The molecule has 150 valence electrons. The van der Waals surface area contributed by atoms with Crippen LogP contribution in [0.1, 0.15) is 22.8 Å². The molecule has 0 spiro atoms. The van der Waals surface area contributed by atoms with E-state index in [1.54, 1.807) is 26.2 Å². The van der Waals surface area contributed by atoms with E-state index in [0.29, 0.717) is 44.2 Å². The number of amides is 1. The number of hydrogen-bond donors (Lipinski definition) is 2. The molecule has 1 amide bonds. The molecule has 1 aliphatic heterocycles. The molecule has 1 fully saturated rings. The van der Waals surface area contributed by atoms with Crippen molar-refractivity contribution in [2.75, 3.05) is 40.3 Å². The maximum absolute atomic E-state index is 12.8. The summed E-state index contributed by atoms with van der Waals surface area (Å²) in [6.07, 6.45) is -4.21. The van der Waals surface area contributed by atoms with Gasteiger partial charge in [0.05, 0.1) is 0 Å². The quantitative estimate of drug-likeness (QED) is 0.612. The van der Waals surface area contributed by atoms with Gasteiger partial charge in [0.2, 0.25) is 0 Å². The van der Waals surface area contributed by atoms with Crippen LogP contribution >= 0.6 is 0 Å². The van der Waals surface area contributed by atoms with Crippen LogP contribution in [-0.2, 0) is 6.54 Å². The summed E-state index contributed by atoms with van der Waals surface area (Å²) in [7, 11) is 3.23. The first-order valence-electron chi connectivity index (χ1n) is 8.83. The van der Waals surface area contributed by atoms with E-state index >= 15 is 0 Å². The van der Waals surface area contributed by atoms with Crippen molar-refractivity contribution in [2.24, 2.45) is 4.99 Å². The number of carbonyl (C=O) groups is 1. The van der Waals surface area contributed by atoms with Gasteiger partial charge in [-0.3, -0.25) is 14.7 Å². The third-order valence-corrected chi connectivity index (χ3v) is 4.74. The van der Waals surface area contributed by atoms with E-state index in [-0.39, 0.29) is 5.91 Å². The van der Waals surface area contributed by atoms with Crippen molar-refractivity contribution in [1.82, 2.24) is 20.4 Å². The summed E-state index contributed by atoms with van der Waals surface area (Å²) in [5.41, 5.74) is 1.56. The smallest absolute Gasteiger partial charge is 0.355 e. The summed E-state index contributed by atoms with van der Waals surface area (Å²) < 4.78 is 38.5. The summed E-state index contributed by atoms with van der Waals surface area (Å²) >= 11 is 0. The molecule has 0 bridgehead atoms. The zero-order chi connectivity index (χ0) is 20.0. The highest BCUT2D eigenvalue weighted by Gasteiger charge is 2.41. The summed E-state index contributed by atoms with van der Waals surface area (Å²) in [6.45, 7) is 3.35. The lowest BCUT2D eigenvalue weighted by molar-refractivity contribution is -0.181. The van der Waals surface area contributed by atoms with Crippen LogP contribution in [0.2, 0.25) is 0 Å². The number of nitrogens with zero attached hydrogens (tertiary/aromatic N) is 3. The van der Waals surface area contributed by atoms with Crippen LogP contribution in [0.5, 0.6) is 0 Å². The number of aliphatic imine (C=N–C) groups is 1. The first kappa shape index (κ1) is 21.0. The molecule has 2 rings (SSSR count). The second kappa shape index (κ2) is 9.07. The van der Waals surface area contributed by atoms with Crippen LogP contribution in [0.4, 0.5) is 13.2 Å². The standard InChI is InChI=1S/C18H26F3N5O/c1-13(18(19,20)21)25-8-10-26(11-9-25)17(23-3)24-12-14-4-6-15(7-5-14)16(27)22-2/h4-7,13H,8-12H2,1-3H3,(H,22,27)(H,23,24). The summed E-state index contributed by atoms with van der Waals surface area (Å²) in [4.78, 5) is 19.2. The Kier molecular flexibility index (Phi) is 7.06. The Labute approximate surface area is 157 Å². The van der Waals surface area contributed by atoms with Crippen LogP contribution in [-0.4, -0.2) is 74.2 Å². The lowest BCUT2D eigenvalue weighted by Crippen LogP contribution is -2.56. The highest BCUT2D eigenvalue weighted by Crippen LogP contribution is 2.25. The molecule has 6 nitrogen and oxygen atoms in total. The van der Waals surface area contributed by atoms with Gasteiger partial charge in [0.1, 0.15) is 6.04 Å². The van der Waals surface area contributed by atoms with Crippen molar-refractivity contribution in [3.8, 4) is 0 Å². The fourth-order valence-corrected chi connectivity index (χ4v) is 2.96. The lowest BCUT2D eigenvalue weighted by Gasteiger charge is -2.39. The minimum atomic E-state index is -4.21. The summed E-state index contributed by atoms with van der Waals surface area (Å²) in [5.74, 6) is 0.515. The van der Waals surface area contributed by atoms with Crippen molar-refractivity contribution in [3.05, 3.63) is 35.4 Å². The maximum Gasteiger partial charge on any atom is 0.403 e. The Bertz CT molecular complexity index is 652. The number of guanidine groups is 1. The van der Waals surface area contributed by atoms with Crippen molar-refractivity contribution in [2.45, 2.75) is 25.7 Å². The average Bonchev–Trinajstić information content (AvgIpc) is 2.67. The van der Waals surface area contributed by atoms with Crippen molar-refractivity contribution >= 4 is 11.9 Å². The predicted octanol–water partition coefficient (Wildman–Crippen LogP) is 1.69. The second-order valence-corrected chi connectivity index (χ2v) is 6.42. The number of nitrogens with one attached hydrogen (secondary N) is 2. The lowest BCUT2D eigenvalue weighted by atomic mass is 10.1. The van der Waals surface area contributed by atoms with E-state index in [9.17, 15) is 18.0 Å². The molecule has 27 heavy (non-hydrogen) atoms. The number of carbonyl (C=O) groups excluding carboxylic acids is 1. The van der Waals surface area contributed by atoms with Gasteiger partial charge in [-0.25, -0.2) is 0 Å². The monoisotopic (exact) mass is 385 g/mol. The zero-order valence-corrected chi connectivity index (χ0v) is 15.8. The molecule has 1 atom stereocenters. The highest BCUT2D eigenvalue weighted by molar-refractivity contribution is 5.93. The SMILES string of the molecule is CN=C(NCc1ccc(C(=O)NC)cc1)N1CCN(C(C)C(F)(F)F)CC1. The predicted molar refractivity (Wildman–Crippen MR) is 98.7 cm³/mol. The summed E-state index contributed by atoms with van der Waals surface area (Å²) in [6, 6.07) is 5.77. The van der Waals surface area contributed by atoms with Gasteiger partial charge in [-0.1, -0.05) is 12.1 Å². The van der Waals surface area contributed by atoms with Gasteiger partial charge in [-0.2, -0.15) is 13.2 Å². The number of rotatable bonds is 4. The number of benzene rings is 1. The molecule has 1 aromatic carbocycles. The second-order valence-electron chi connectivity index (χ2n) is 6.42. The van der Waals surface area contributed by atoms with Crippen molar-refractivity contribution < 1.29 is 18.0 Å². The first-order valence-corrected chi connectivity index (χ1v) is 8.83. The number of alkyl halides is 3. The molecule has 1 saturated heterocycles. The van der Waals surface area contributed by atoms with E-state index in [1.165, 1.54) is 11.8 Å². The first-order chi connectivity index (χ1) is 12.8. The Balaban J connectivity index is 1.87. The molecule has 2 N–H and O–H groups in total. The Morgan fingerprint density at radius 3 is 2.26 bits per heavy atom. The minimum Gasteiger partial charge on any atom is -0.355 e. The van der Waals surface area contributed by atoms with E-state index in [4.69, 9.17) is 0 Å². The topological polar surface area (TPSA) is 60.0 Å². The van der Waals surface area contributed by atoms with Crippen LogP contribution in [0, 0.1) is 0 Å². The molecule has 1 unspecified atom stereocenters. The molecule has 0 aliphatic carbocycles. The molecule has 1 aliphatic rings. The van der Waals surface area contributed by atoms with Crippen LogP contribution in [0.15, 0.2) is 29.3 Å². The number of hydrogen-bond acceptors (Lipinski definition) is 3. The van der Waals surface area contributed by atoms with Gasteiger partial charge < -0.3 is 15.5 Å². The van der Waals surface area contributed by atoms with E-state index < -0.39 is 12.2 Å². The molecular formula is C18H26F3N5O. The summed E-state index contributed by atoms with van der Waals surface area (Å²) in [5, 5.41) is 5.80. The minimum absolute atomic E-state index is 0.142. The van der Waals surface area contributed by atoms with Crippen LogP contribution < -0.4 is 10.6 Å². The van der Waals surface area contributed by atoms with Crippen molar-refractivity contribution in [3.63, 3.8) is 0 Å². The molecule has 9 heteroatoms. The van der Waals surface area contributed by atoms with Crippen LogP contribution in [0.25, 0.3) is 0 Å². The van der Waals surface area contributed by atoms with Crippen molar-refractivity contribution in [1.29, 1.82) is 0 Å². The molecule has 1 aromatic rings. The van der Waals surface area contributed by atoms with E-state index in [1.807, 2.05) is 17.0 Å². The van der Waals surface area contributed by atoms with Gasteiger partial charge >= 0.3 is 6.18 Å². The molecular weight excluding hydrogens is 359 g/mol. The molecule has 0 aromatic heterocycles. The average molecular weight is 385 g/mol. The van der Waals surface area contributed by atoms with Gasteiger partial charge in [-0.05, 0) is 24.6 Å². The number of halogens is 3. The Morgan fingerprint density at radius 2 is 1.78 bits per heavy atom. The van der Waals surface area contributed by atoms with Gasteiger partial charge in [0.25, 0.3) is 5.91 Å². The highest BCUT2D eigenvalue weighted by atomic mass is 19.4. The Hall–Kier alpha value is -2.29. The third-order valence-electron chi connectivity index (χ3n) is 4.74. The van der Waals surface area contributed by atoms with E-state index in [2.05, 4.69) is 15.6 Å². The van der Waals surface area contributed by atoms with Gasteiger partial charge in [-0.15, -0.1) is 0 Å². The number of piperazine rings is 1. The maximum atomic E-state index is 12.8. The zero-order valence-electron chi connectivity index (χ0n) is 15.8. The largest absolute Gasteiger partial charge is 0.403 e. The third kappa shape index (κ3) is 5.59.